The van der Waals surface area contributed by atoms with Crippen molar-refractivity contribution in [3.05, 3.63) is 23.9 Å². The lowest BCUT2D eigenvalue weighted by atomic mass is 10.1. The fourth-order valence-electron chi connectivity index (χ4n) is 1.25. The summed E-state index contributed by atoms with van der Waals surface area (Å²) in [6, 6.07) is 3.71. The van der Waals surface area contributed by atoms with Gasteiger partial charge in [0.05, 0.1) is 0 Å². The zero-order chi connectivity index (χ0) is 13.0. The quantitative estimate of drug-likeness (QED) is 0.610. The Hall–Kier alpha value is -1.91. The number of amidine groups is 1. The van der Waals surface area contributed by atoms with Crippen molar-refractivity contribution in [2.75, 3.05) is 11.9 Å². The predicted molar refractivity (Wildman–Crippen MR) is 68.9 cm³/mol. The van der Waals surface area contributed by atoms with E-state index in [1.807, 2.05) is 12.1 Å². The van der Waals surface area contributed by atoms with Crippen LogP contribution in [0.3, 0.4) is 0 Å². The maximum absolute atomic E-state index is 7.62. The van der Waals surface area contributed by atoms with Crippen molar-refractivity contribution in [2.45, 2.75) is 26.7 Å². The van der Waals surface area contributed by atoms with Crippen LogP contribution in [0.25, 0.3) is 0 Å². The summed E-state index contributed by atoms with van der Waals surface area (Å²) in [5.41, 5.74) is 1.15. The Kier molecular flexibility index (Phi) is 4.20. The van der Waals surface area contributed by atoms with E-state index in [9.17, 15) is 0 Å². The van der Waals surface area contributed by atoms with Gasteiger partial charge in [-0.05, 0) is 17.5 Å². The third kappa shape index (κ3) is 3.55. The molecule has 92 valence electrons. The molecular weight excluding hydrogens is 216 g/mol. The summed E-state index contributed by atoms with van der Waals surface area (Å²) in [6.45, 7) is 5.69. The van der Waals surface area contributed by atoms with Crippen LogP contribution in [0.15, 0.2) is 18.3 Å². The van der Waals surface area contributed by atoms with E-state index in [0.29, 0.717) is 11.7 Å². The van der Waals surface area contributed by atoms with Crippen LogP contribution in [-0.4, -0.2) is 24.0 Å². The highest BCUT2D eigenvalue weighted by Gasteiger charge is 2.11. The molecule has 5 heteroatoms. The fraction of sp³-hybridized carbons (Fsp3) is 0.417. The number of ether oxygens (including phenoxy) is 1. The fourth-order valence-corrected chi connectivity index (χ4v) is 1.25. The van der Waals surface area contributed by atoms with Crippen LogP contribution in [-0.2, 0) is 4.74 Å². The van der Waals surface area contributed by atoms with Crippen molar-refractivity contribution in [1.82, 2.24) is 4.98 Å². The standard InChI is InChI=1S/C12H18N4O/c1-8(2)10-5-6-11(15-7-10)16(4)12(14)17-9(3)13/h5-8,13-14H,1-4H3. The molecule has 0 radical (unpaired) electrons. The van der Waals surface area contributed by atoms with Gasteiger partial charge in [0.2, 0.25) is 0 Å². The van der Waals surface area contributed by atoms with Gasteiger partial charge in [-0.25, -0.2) is 4.98 Å². The first-order valence-corrected chi connectivity index (χ1v) is 5.43. The first-order valence-electron chi connectivity index (χ1n) is 5.43. The number of nitrogens with one attached hydrogen (secondary N) is 2. The molecule has 5 nitrogen and oxygen atoms in total. The molecule has 0 saturated carbocycles. The SMILES string of the molecule is CC(=N)OC(=N)N(C)c1ccc(C(C)C)cn1. The summed E-state index contributed by atoms with van der Waals surface area (Å²) < 4.78 is 4.90. The third-order valence-electron chi connectivity index (χ3n) is 2.34. The molecule has 0 aliphatic carbocycles. The molecule has 0 fully saturated rings. The highest BCUT2D eigenvalue weighted by atomic mass is 16.5. The van der Waals surface area contributed by atoms with Crippen molar-refractivity contribution in [2.24, 2.45) is 0 Å². The molecule has 1 aromatic heterocycles. The van der Waals surface area contributed by atoms with Gasteiger partial charge in [0.25, 0.3) is 6.02 Å². The minimum absolute atomic E-state index is 0.0133. The van der Waals surface area contributed by atoms with Gasteiger partial charge in [0.1, 0.15) is 5.82 Å². The summed E-state index contributed by atoms with van der Waals surface area (Å²) >= 11 is 0. The van der Waals surface area contributed by atoms with Gasteiger partial charge in [-0.2, -0.15) is 0 Å². The molecule has 2 N–H and O–H groups in total. The number of nitrogens with zero attached hydrogens (tertiary/aromatic N) is 2. The van der Waals surface area contributed by atoms with Crippen molar-refractivity contribution in [3.8, 4) is 0 Å². The van der Waals surface area contributed by atoms with E-state index >= 15 is 0 Å². The molecule has 0 spiro atoms. The molecule has 1 aromatic rings. The van der Waals surface area contributed by atoms with E-state index in [4.69, 9.17) is 15.6 Å². The molecule has 0 unspecified atom stereocenters. The van der Waals surface area contributed by atoms with Gasteiger partial charge in [-0.15, -0.1) is 0 Å². The Morgan fingerprint density at radius 2 is 2.00 bits per heavy atom. The van der Waals surface area contributed by atoms with Crippen LogP contribution in [0, 0.1) is 10.8 Å². The smallest absolute Gasteiger partial charge is 0.296 e. The van der Waals surface area contributed by atoms with E-state index in [2.05, 4.69) is 18.8 Å². The topological polar surface area (TPSA) is 73.1 Å². The molecule has 0 atom stereocenters. The largest absolute Gasteiger partial charge is 0.412 e. The maximum Gasteiger partial charge on any atom is 0.296 e. The summed E-state index contributed by atoms with van der Waals surface area (Å²) in [5.74, 6) is 1.04. The molecule has 17 heavy (non-hydrogen) atoms. The van der Waals surface area contributed by atoms with Gasteiger partial charge in [0, 0.05) is 20.2 Å². The van der Waals surface area contributed by atoms with Crippen LogP contribution in [0.2, 0.25) is 0 Å². The molecule has 0 aliphatic heterocycles. The monoisotopic (exact) mass is 234 g/mol. The Labute approximate surface area is 101 Å². The minimum atomic E-state index is -0.109. The second kappa shape index (κ2) is 5.43. The summed E-state index contributed by atoms with van der Waals surface area (Å²) in [6.07, 6.45) is 1.79. The number of rotatable bonds is 2. The van der Waals surface area contributed by atoms with E-state index in [-0.39, 0.29) is 11.9 Å². The van der Waals surface area contributed by atoms with E-state index in [0.717, 1.165) is 5.56 Å². The van der Waals surface area contributed by atoms with Crippen molar-refractivity contribution in [3.63, 3.8) is 0 Å². The van der Waals surface area contributed by atoms with Crippen LogP contribution in [0.1, 0.15) is 32.3 Å². The summed E-state index contributed by atoms with van der Waals surface area (Å²) in [4.78, 5) is 5.75. The number of hydrogen-bond acceptors (Lipinski definition) is 4. The van der Waals surface area contributed by atoms with Gasteiger partial charge < -0.3 is 4.74 Å². The average molecular weight is 234 g/mol. The normalized spacial score (nSPS) is 10.2. The second-order valence-corrected chi connectivity index (χ2v) is 4.13. The number of hydrogen-bond donors (Lipinski definition) is 2. The highest BCUT2D eigenvalue weighted by Crippen LogP contribution is 2.16. The van der Waals surface area contributed by atoms with Gasteiger partial charge >= 0.3 is 0 Å². The zero-order valence-corrected chi connectivity index (χ0v) is 10.6. The first-order chi connectivity index (χ1) is 7.91. The van der Waals surface area contributed by atoms with Crippen molar-refractivity contribution >= 4 is 17.7 Å². The molecule has 1 rings (SSSR count). The van der Waals surface area contributed by atoms with E-state index in [1.165, 1.54) is 11.8 Å². The lowest BCUT2D eigenvalue weighted by Crippen LogP contribution is -2.29. The molecular formula is C12H18N4O. The Morgan fingerprint density at radius 1 is 1.35 bits per heavy atom. The summed E-state index contributed by atoms with van der Waals surface area (Å²) in [5, 5.41) is 14.8. The number of aromatic nitrogens is 1. The van der Waals surface area contributed by atoms with Crippen molar-refractivity contribution < 1.29 is 4.74 Å². The van der Waals surface area contributed by atoms with Crippen molar-refractivity contribution in [1.29, 1.82) is 10.8 Å². The molecule has 0 bridgehead atoms. The zero-order valence-electron chi connectivity index (χ0n) is 10.6. The van der Waals surface area contributed by atoms with E-state index < -0.39 is 0 Å². The molecule has 0 aromatic carbocycles. The molecule has 1 heterocycles. The molecule has 0 saturated heterocycles. The molecule has 0 aliphatic rings. The lowest BCUT2D eigenvalue weighted by molar-refractivity contribution is 0.515. The van der Waals surface area contributed by atoms with Gasteiger partial charge in [-0.1, -0.05) is 19.9 Å². The average Bonchev–Trinajstić information content (AvgIpc) is 2.27. The highest BCUT2D eigenvalue weighted by molar-refractivity contribution is 5.95. The van der Waals surface area contributed by atoms with Crippen LogP contribution in [0.5, 0.6) is 0 Å². The maximum atomic E-state index is 7.62. The number of pyridine rings is 1. The molecule has 0 amide bonds. The Morgan fingerprint density at radius 3 is 2.41 bits per heavy atom. The van der Waals surface area contributed by atoms with Gasteiger partial charge in [-0.3, -0.25) is 15.7 Å². The Balaban J connectivity index is 2.79. The number of anilines is 1. The van der Waals surface area contributed by atoms with Crippen LogP contribution in [0.4, 0.5) is 5.82 Å². The lowest BCUT2D eigenvalue weighted by Gasteiger charge is -2.18. The van der Waals surface area contributed by atoms with E-state index in [1.54, 1.807) is 13.2 Å². The second-order valence-electron chi connectivity index (χ2n) is 4.13. The van der Waals surface area contributed by atoms with Crippen LogP contribution >= 0.6 is 0 Å². The summed E-state index contributed by atoms with van der Waals surface area (Å²) in [7, 11) is 1.68. The third-order valence-corrected chi connectivity index (χ3v) is 2.34. The first kappa shape index (κ1) is 13.2. The Bertz CT molecular complexity index is 411. The predicted octanol–water partition coefficient (Wildman–Crippen LogP) is 2.59. The minimum Gasteiger partial charge on any atom is -0.412 e. The van der Waals surface area contributed by atoms with Gasteiger partial charge in [0.15, 0.2) is 5.90 Å². The van der Waals surface area contributed by atoms with Crippen LogP contribution < -0.4 is 4.90 Å².